The SMILES string of the molecule is COc1cc2c(cc1OC)C(c1cccs1)N(C(=O)Cc1c[nH]c3ccccc13)CC2. The Morgan fingerprint density at radius 2 is 1.94 bits per heavy atom. The van der Waals surface area contributed by atoms with Gasteiger partial charge in [0, 0.05) is 28.5 Å². The molecule has 1 N–H and O–H groups in total. The number of para-hydroxylation sites is 1. The molecule has 2 aromatic carbocycles. The first kappa shape index (κ1) is 19.7. The zero-order valence-corrected chi connectivity index (χ0v) is 18.4. The number of rotatable bonds is 5. The predicted molar refractivity (Wildman–Crippen MR) is 123 cm³/mol. The molecular formula is C25H24N2O3S. The molecule has 5 rings (SSSR count). The highest BCUT2D eigenvalue weighted by Crippen LogP contribution is 2.42. The molecule has 1 atom stereocenters. The summed E-state index contributed by atoms with van der Waals surface area (Å²) in [6.45, 7) is 0.673. The number of nitrogens with zero attached hydrogens (tertiary/aromatic N) is 1. The lowest BCUT2D eigenvalue weighted by Gasteiger charge is -2.37. The average molecular weight is 433 g/mol. The summed E-state index contributed by atoms with van der Waals surface area (Å²) in [5.74, 6) is 1.54. The first-order chi connectivity index (χ1) is 15.2. The Morgan fingerprint density at radius 1 is 1.13 bits per heavy atom. The molecule has 0 saturated heterocycles. The first-order valence-electron chi connectivity index (χ1n) is 10.3. The predicted octanol–water partition coefficient (Wildman–Crippen LogP) is 4.96. The van der Waals surface area contributed by atoms with E-state index in [9.17, 15) is 4.79 Å². The van der Waals surface area contributed by atoms with Gasteiger partial charge in [-0.15, -0.1) is 11.3 Å². The van der Waals surface area contributed by atoms with Gasteiger partial charge >= 0.3 is 0 Å². The van der Waals surface area contributed by atoms with Crippen LogP contribution in [0.3, 0.4) is 0 Å². The van der Waals surface area contributed by atoms with E-state index in [0.29, 0.717) is 18.7 Å². The number of benzene rings is 2. The van der Waals surface area contributed by atoms with Crippen molar-refractivity contribution >= 4 is 28.1 Å². The van der Waals surface area contributed by atoms with Gasteiger partial charge in [0.15, 0.2) is 11.5 Å². The van der Waals surface area contributed by atoms with E-state index in [0.717, 1.165) is 39.1 Å². The number of fused-ring (bicyclic) bond motifs is 2. The molecule has 1 aliphatic heterocycles. The van der Waals surface area contributed by atoms with Crippen LogP contribution < -0.4 is 9.47 Å². The quantitative estimate of drug-likeness (QED) is 0.485. The number of carbonyl (C=O) groups excluding carboxylic acids is 1. The maximum atomic E-state index is 13.6. The molecular weight excluding hydrogens is 408 g/mol. The molecule has 6 heteroatoms. The fourth-order valence-electron chi connectivity index (χ4n) is 4.51. The lowest BCUT2D eigenvalue weighted by atomic mass is 9.90. The van der Waals surface area contributed by atoms with Crippen molar-refractivity contribution in [2.24, 2.45) is 0 Å². The van der Waals surface area contributed by atoms with Crippen LogP contribution in [0.5, 0.6) is 11.5 Å². The van der Waals surface area contributed by atoms with Crippen molar-refractivity contribution in [1.29, 1.82) is 0 Å². The second-order valence-corrected chi connectivity index (χ2v) is 8.68. The molecule has 3 heterocycles. The second-order valence-electron chi connectivity index (χ2n) is 7.70. The number of aromatic nitrogens is 1. The highest BCUT2D eigenvalue weighted by molar-refractivity contribution is 7.10. The molecule has 0 saturated carbocycles. The van der Waals surface area contributed by atoms with Crippen LogP contribution in [0.2, 0.25) is 0 Å². The van der Waals surface area contributed by atoms with Crippen LogP contribution in [0.25, 0.3) is 10.9 Å². The molecule has 1 aliphatic rings. The van der Waals surface area contributed by atoms with Crippen molar-refractivity contribution in [2.45, 2.75) is 18.9 Å². The second kappa shape index (κ2) is 8.12. The van der Waals surface area contributed by atoms with Gasteiger partial charge in [-0.3, -0.25) is 4.79 Å². The number of carbonyl (C=O) groups is 1. The lowest BCUT2D eigenvalue weighted by molar-refractivity contribution is -0.132. The van der Waals surface area contributed by atoms with Crippen molar-refractivity contribution in [3.8, 4) is 11.5 Å². The van der Waals surface area contributed by atoms with Crippen molar-refractivity contribution in [1.82, 2.24) is 9.88 Å². The van der Waals surface area contributed by atoms with Gasteiger partial charge in [-0.1, -0.05) is 24.3 Å². The number of hydrogen-bond donors (Lipinski definition) is 1. The number of amides is 1. The van der Waals surface area contributed by atoms with Crippen LogP contribution in [0.15, 0.2) is 60.1 Å². The lowest BCUT2D eigenvalue weighted by Crippen LogP contribution is -2.41. The molecule has 1 unspecified atom stereocenters. The van der Waals surface area contributed by atoms with Crippen LogP contribution in [0, 0.1) is 0 Å². The van der Waals surface area contributed by atoms with Gasteiger partial charge in [0.2, 0.25) is 5.91 Å². The highest BCUT2D eigenvalue weighted by Gasteiger charge is 2.34. The first-order valence-corrected chi connectivity index (χ1v) is 11.2. The molecule has 4 aromatic rings. The number of H-pyrrole nitrogens is 1. The molecule has 0 radical (unpaired) electrons. The zero-order valence-electron chi connectivity index (χ0n) is 17.6. The monoisotopic (exact) mass is 432 g/mol. The van der Waals surface area contributed by atoms with E-state index in [4.69, 9.17) is 9.47 Å². The summed E-state index contributed by atoms with van der Waals surface area (Å²) in [6, 6.07) is 16.2. The minimum atomic E-state index is -0.124. The maximum absolute atomic E-state index is 13.6. The summed E-state index contributed by atoms with van der Waals surface area (Å²) in [6.07, 6.45) is 3.11. The summed E-state index contributed by atoms with van der Waals surface area (Å²) in [5, 5.41) is 3.17. The van der Waals surface area contributed by atoms with Gasteiger partial charge in [-0.25, -0.2) is 0 Å². The molecule has 0 spiro atoms. The number of nitrogens with one attached hydrogen (secondary N) is 1. The minimum Gasteiger partial charge on any atom is -0.493 e. The summed E-state index contributed by atoms with van der Waals surface area (Å²) in [7, 11) is 3.30. The molecule has 0 bridgehead atoms. The Labute approximate surface area is 185 Å². The normalized spacial score (nSPS) is 15.7. The third-order valence-corrected chi connectivity index (χ3v) is 6.95. The molecule has 0 aliphatic carbocycles. The van der Waals surface area contributed by atoms with E-state index in [2.05, 4.69) is 28.6 Å². The number of aromatic amines is 1. The van der Waals surface area contributed by atoms with Gasteiger partial charge in [-0.05, 0) is 52.8 Å². The molecule has 5 nitrogen and oxygen atoms in total. The minimum absolute atomic E-state index is 0.124. The van der Waals surface area contributed by atoms with E-state index in [1.807, 2.05) is 41.4 Å². The Morgan fingerprint density at radius 3 is 2.71 bits per heavy atom. The van der Waals surface area contributed by atoms with E-state index in [1.165, 1.54) is 5.56 Å². The van der Waals surface area contributed by atoms with E-state index in [1.54, 1.807) is 25.6 Å². The largest absolute Gasteiger partial charge is 0.493 e. The summed E-state index contributed by atoms with van der Waals surface area (Å²) in [4.78, 5) is 20.0. The van der Waals surface area contributed by atoms with Gasteiger partial charge in [-0.2, -0.15) is 0 Å². The van der Waals surface area contributed by atoms with Gasteiger partial charge in [0.1, 0.15) is 0 Å². The molecule has 31 heavy (non-hydrogen) atoms. The molecule has 2 aromatic heterocycles. The van der Waals surface area contributed by atoms with Gasteiger partial charge < -0.3 is 19.4 Å². The van der Waals surface area contributed by atoms with Crippen molar-refractivity contribution in [3.63, 3.8) is 0 Å². The summed E-state index contributed by atoms with van der Waals surface area (Å²) >= 11 is 1.68. The van der Waals surface area contributed by atoms with E-state index in [-0.39, 0.29) is 11.9 Å². The zero-order chi connectivity index (χ0) is 21.4. The third kappa shape index (κ3) is 3.47. The standard InChI is InChI=1S/C25H24N2O3S/c1-29-21-12-16-9-10-27(24(28)13-17-15-26-20-7-4-3-6-18(17)20)25(23-8-5-11-31-23)19(16)14-22(21)30-2/h3-8,11-12,14-15,25-26H,9-10,13H2,1-2H3. The van der Waals surface area contributed by atoms with Gasteiger partial charge in [0.05, 0.1) is 26.7 Å². The van der Waals surface area contributed by atoms with Gasteiger partial charge in [0.25, 0.3) is 0 Å². The number of methoxy groups -OCH3 is 2. The maximum Gasteiger partial charge on any atom is 0.227 e. The molecule has 1 amide bonds. The van der Waals surface area contributed by atoms with Crippen molar-refractivity contribution in [2.75, 3.05) is 20.8 Å². The van der Waals surface area contributed by atoms with Crippen molar-refractivity contribution < 1.29 is 14.3 Å². The Bertz CT molecular complexity index is 1230. The van der Waals surface area contributed by atoms with Crippen LogP contribution in [-0.2, 0) is 17.6 Å². The Kier molecular flexibility index (Phi) is 5.16. The van der Waals surface area contributed by atoms with Crippen LogP contribution in [0.1, 0.15) is 27.6 Å². The summed E-state index contributed by atoms with van der Waals surface area (Å²) < 4.78 is 11.1. The fourth-order valence-corrected chi connectivity index (χ4v) is 5.36. The smallest absolute Gasteiger partial charge is 0.227 e. The van der Waals surface area contributed by atoms with Crippen LogP contribution in [-0.4, -0.2) is 36.6 Å². The topological polar surface area (TPSA) is 54.6 Å². The number of thiophene rings is 1. The van der Waals surface area contributed by atoms with Crippen LogP contribution in [0.4, 0.5) is 0 Å². The number of hydrogen-bond acceptors (Lipinski definition) is 4. The van der Waals surface area contributed by atoms with E-state index >= 15 is 0 Å². The third-order valence-electron chi connectivity index (χ3n) is 6.02. The Hall–Kier alpha value is -3.25. The fraction of sp³-hybridized carbons (Fsp3) is 0.240. The van der Waals surface area contributed by atoms with Crippen molar-refractivity contribution in [3.05, 3.63) is 81.7 Å². The highest BCUT2D eigenvalue weighted by atomic mass is 32.1. The van der Waals surface area contributed by atoms with Crippen LogP contribution >= 0.6 is 11.3 Å². The molecule has 158 valence electrons. The molecule has 0 fully saturated rings. The Balaban J connectivity index is 1.53. The number of ether oxygens (including phenoxy) is 2. The summed E-state index contributed by atoms with van der Waals surface area (Å²) in [5.41, 5.74) is 4.40. The van der Waals surface area contributed by atoms with E-state index < -0.39 is 0 Å². The average Bonchev–Trinajstić information content (AvgIpc) is 3.48.